The Labute approximate surface area is 121 Å². The van der Waals surface area contributed by atoms with Gasteiger partial charge in [0, 0.05) is 10.7 Å². The van der Waals surface area contributed by atoms with Crippen molar-refractivity contribution in [1.82, 2.24) is 4.98 Å². The smallest absolute Gasteiger partial charge is 0.134 e. The maximum Gasteiger partial charge on any atom is 0.134 e. The van der Waals surface area contributed by atoms with E-state index >= 15 is 0 Å². The third-order valence-electron chi connectivity index (χ3n) is 2.08. The second kappa shape index (κ2) is 5.85. The zero-order valence-electron chi connectivity index (χ0n) is 8.66. The van der Waals surface area contributed by atoms with Gasteiger partial charge in [0.1, 0.15) is 17.5 Å². The van der Waals surface area contributed by atoms with Crippen LogP contribution >= 0.6 is 43.5 Å². The molecule has 88 valence electrons. The highest BCUT2D eigenvalue weighted by Gasteiger charge is 2.02. The van der Waals surface area contributed by atoms with Crippen molar-refractivity contribution in [3.05, 3.63) is 56.2 Å². The molecule has 1 aromatic carbocycles. The van der Waals surface area contributed by atoms with Crippen molar-refractivity contribution in [2.24, 2.45) is 0 Å². The molecular formula is C12H8Br2ClNO. The first-order chi connectivity index (χ1) is 8.15. The zero-order valence-corrected chi connectivity index (χ0v) is 12.6. The monoisotopic (exact) mass is 375 g/mol. The van der Waals surface area contributed by atoms with E-state index in [1.165, 1.54) is 0 Å². The fourth-order valence-corrected chi connectivity index (χ4v) is 2.64. The predicted molar refractivity (Wildman–Crippen MR) is 75.4 cm³/mol. The first-order valence-corrected chi connectivity index (χ1v) is 6.80. The van der Waals surface area contributed by atoms with Gasteiger partial charge in [-0.2, -0.15) is 0 Å². The number of pyridine rings is 1. The molecular weight excluding hydrogens is 369 g/mol. The summed E-state index contributed by atoms with van der Waals surface area (Å²) in [6.45, 7) is 0.461. The molecule has 0 radical (unpaired) electrons. The van der Waals surface area contributed by atoms with E-state index in [2.05, 4.69) is 36.8 Å². The van der Waals surface area contributed by atoms with Crippen molar-refractivity contribution in [1.29, 1.82) is 0 Å². The molecule has 0 amide bonds. The van der Waals surface area contributed by atoms with Gasteiger partial charge in [0.15, 0.2) is 0 Å². The Morgan fingerprint density at radius 2 is 2.00 bits per heavy atom. The molecule has 0 N–H and O–H groups in total. The molecule has 2 aromatic rings. The van der Waals surface area contributed by atoms with Gasteiger partial charge >= 0.3 is 0 Å². The summed E-state index contributed by atoms with van der Waals surface area (Å²) in [5.74, 6) is 0.793. The maximum atomic E-state index is 5.80. The minimum atomic E-state index is 0.461. The van der Waals surface area contributed by atoms with Gasteiger partial charge in [-0.1, -0.05) is 27.5 Å². The van der Waals surface area contributed by atoms with E-state index in [0.29, 0.717) is 11.8 Å². The molecule has 2 rings (SSSR count). The lowest BCUT2D eigenvalue weighted by Gasteiger charge is -2.08. The summed E-state index contributed by atoms with van der Waals surface area (Å²) in [5.41, 5.74) is 0.986. The topological polar surface area (TPSA) is 22.1 Å². The summed E-state index contributed by atoms with van der Waals surface area (Å²) in [6.07, 6.45) is 1.66. The molecule has 0 aliphatic heterocycles. The maximum absolute atomic E-state index is 5.80. The van der Waals surface area contributed by atoms with Crippen LogP contribution in [-0.2, 0) is 6.61 Å². The van der Waals surface area contributed by atoms with Gasteiger partial charge in [0.2, 0.25) is 0 Å². The standard InChI is InChI=1S/C12H8Br2ClNO/c13-9-1-2-11(10(14)6-9)17-7-8-3-4-16-12(15)5-8/h1-6H,7H2. The Bertz CT molecular complexity index is 534. The lowest BCUT2D eigenvalue weighted by molar-refractivity contribution is 0.304. The number of nitrogens with zero attached hydrogens (tertiary/aromatic N) is 1. The minimum absolute atomic E-state index is 0.461. The van der Waals surface area contributed by atoms with Gasteiger partial charge in [-0.3, -0.25) is 0 Å². The highest BCUT2D eigenvalue weighted by molar-refractivity contribution is 9.11. The minimum Gasteiger partial charge on any atom is -0.488 e. The summed E-state index contributed by atoms with van der Waals surface area (Å²) in [4.78, 5) is 3.92. The highest BCUT2D eigenvalue weighted by Crippen LogP contribution is 2.28. The Hall–Kier alpha value is -0.580. The van der Waals surface area contributed by atoms with Crippen molar-refractivity contribution in [2.45, 2.75) is 6.61 Å². The molecule has 5 heteroatoms. The van der Waals surface area contributed by atoms with Gasteiger partial charge in [-0.25, -0.2) is 4.98 Å². The summed E-state index contributed by atoms with van der Waals surface area (Å²) in [5, 5.41) is 0.473. The van der Waals surface area contributed by atoms with Crippen LogP contribution in [-0.4, -0.2) is 4.98 Å². The van der Waals surface area contributed by atoms with E-state index in [1.807, 2.05) is 24.3 Å². The van der Waals surface area contributed by atoms with E-state index in [9.17, 15) is 0 Å². The molecule has 0 saturated carbocycles. The number of aromatic nitrogens is 1. The molecule has 0 bridgehead atoms. The van der Waals surface area contributed by atoms with Crippen LogP contribution in [0.5, 0.6) is 5.75 Å². The molecule has 0 spiro atoms. The molecule has 0 unspecified atom stereocenters. The lowest BCUT2D eigenvalue weighted by atomic mass is 10.3. The summed E-state index contributed by atoms with van der Waals surface area (Å²) >= 11 is 12.6. The molecule has 17 heavy (non-hydrogen) atoms. The largest absolute Gasteiger partial charge is 0.488 e. The third kappa shape index (κ3) is 3.69. The lowest BCUT2D eigenvalue weighted by Crippen LogP contribution is -1.96. The van der Waals surface area contributed by atoms with Crippen LogP contribution in [0.3, 0.4) is 0 Å². The number of ether oxygens (including phenoxy) is 1. The molecule has 1 aromatic heterocycles. The first-order valence-electron chi connectivity index (χ1n) is 4.83. The van der Waals surface area contributed by atoms with Gasteiger partial charge in [-0.05, 0) is 51.8 Å². The SMILES string of the molecule is Clc1cc(COc2ccc(Br)cc2Br)ccn1. The predicted octanol–water partition coefficient (Wildman–Crippen LogP) is 4.84. The second-order valence-electron chi connectivity index (χ2n) is 3.35. The van der Waals surface area contributed by atoms with Crippen LogP contribution in [0.1, 0.15) is 5.56 Å². The first kappa shape index (κ1) is 12.9. The van der Waals surface area contributed by atoms with E-state index in [-0.39, 0.29) is 0 Å². The molecule has 1 heterocycles. The molecule has 0 saturated heterocycles. The number of hydrogen-bond donors (Lipinski definition) is 0. The molecule has 0 fully saturated rings. The fraction of sp³-hybridized carbons (Fsp3) is 0.0833. The quantitative estimate of drug-likeness (QED) is 0.714. The molecule has 0 aliphatic carbocycles. The van der Waals surface area contributed by atoms with Crippen LogP contribution in [0.4, 0.5) is 0 Å². The van der Waals surface area contributed by atoms with Gasteiger partial charge in [0.05, 0.1) is 4.47 Å². The Morgan fingerprint density at radius 3 is 2.71 bits per heavy atom. The summed E-state index contributed by atoms with van der Waals surface area (Å²) in [7, 11) is 0. The normalized spacial score (nSPS) is 10.3. The van der Waals surface area contributed by atoms with E-state index in [0.717, 1.165) is 20.3 Å². The van der Waals surface area contributed by atoms with Crippen molar-refractivity contribution in [2.75, 3.05) is 0 Å². The molecule has 0 atom stereocenters. The van der Waals surface area contributed by atoms with E-state index < -0.39 is 0 Å². The summed E-state index contributed by atoms with van der Waals surface area (Å²) in [6, 6.07) is 9.43. The van der Waals surface area contributed by atoms with Crippen LogP contribution in [0.2, 0.25) is 5.15 Å². The van der Waals surface area contributed by atoms with Crippen LogP contribution in [0.25, 0.3) is 0 Å². The van der Waals surface area contributed by atoms with Gasteiger partial charge in [0.25, 0.3) is 0 Å². The average Bonchev–Trinajstić information content (AvgIpc) is 2.28. The van der Waals surface area contributed by atoms with Crippen molar-refractivity contribution >= 4 is 43.5 Å². The van der Waals surface area contributed by atoms with Crippen LogP contribution in [0.15, 0.2) is 45.5 Å². The van der Waals surface area contributed by atoms with E-state index in [4.69, 9.17) is 16.3 Å². The molecule has 2 nitrogen and oxygen atoms in total. The van der Waals surface area contributed by atoms with Gasteiger partial charge < -0.3 is 4.74 Å². The summed E-state index contributed by atoms with van der Waals surface area (Å²) < 4.78 is 7.59. The number of rotatable bonds is 3. The molecule has 0 aliphatic rings. The Balaban J connectivity index is 2.07. The second-order valence-corrected chi connectivity index (χ2v) is 5.51. The average molecular weight is 377 g/mol. The van der Waals surface area contributed by atoms with Crippen molar-refractivity contribution < 1.29 is 4.74 Å². The number of halogens is 3. The van der Waals surface area contributed by atoms with Crippen molar-refractivity contribution in [3.8, 4) is 5.75 Å². The Morgan fingerprint density at radius 1 is 1.18 bits per heavy atom. The number of benzene rings is 1. The Kier molecular flexibility index (Phi) is 4.42. The van der Waals surface area contributed by atoms with Gasteiger partial charge in [-0.15, -0.1) is 0 Å². The van der Waals surface area contributed by atoms with Crippen molar-refractivity contribution in [3.63, 3.8) is 0 Å². The van der Waals surface area contributed by atoms with Crippen LogP contribution < -0.4 is 4.74 Å². The highest BCUT2D eigenvalue weighted by atomic mass is 79.9. The fourth-order valence-electron chi connectivity index (χ4n) is 1.29. The van der Waals surface area contributed by atoms with E-state index in [1.54, 1.807) is 12.3 Å². The third-order valence-corrected chi connectivity index (χ3v) is 3.40. The van der Waals surface area contributed by atoms with Crippen LogP contribution in [0, 0.1) is 0 Å². The zero-order chi connectivity index (χ0) is 12.3. The number of hydrogen-bond acceptors (Lipinski definition) is 2.